The van der Waals surface area contributed by atoms with Crippen LogP contribution in [0.15, 0.2) is 24.3 Å². The van der Waals surface area contributed by atoms with Crippen LogP contribution in [0.5, 0.6) is 0 Å². The average Bonchev–Trinajstić information content (AvgIpc) is 2.24. The molecule has 18 heavy (non-hydrogen) atoms. The van der Waals surface area contributed by atoms with Crippen LogP contribution >= 0.6 is 11.6 Å². The number of nitrogens with one attached hydrogen (secondary N) is 1. The van der Waals surface area contributed by atoms with Crippen LogP contribution in [0.25, 0.3) is 0 Å². The van der Waals surface area contributed by atoms with Crippen molar-refractivity contribution >= 4 is 28.8 Å². The number of aromatic nitrogens is 1. The van der Waals surface area contributed by atoms with Crippen LogP contribution < -0.4 is 11.1 Å². The van der Waals surface area contributed by atoms with Crippen molar-refractivity contribution in [2.24, 2.45) is 0 Å². The Morgan fingerprint density at radius 1 is 1.00 bits per heavy atom. The highest BCUT2D eigenvalue weighted by Gasteiger charge is 2.10. The topological polar surface area (TPSA) is 50.9 Å². The molecule has 1 aromatic heterocycles. The van der Waals surface area contributed by atoms with Gasteiger partial charge in [-0.05, 0) is 6.07 Å². The fraction of sp³-hybridized carbons (Fsp3) is 0. The summed E-state index contributed by atoms with van der Waals surface area (Å²) in [4.78, 5) is 3.81. The summed E-state index contributed by atoms with van der Waals surface area (Å²) in [5.74, 6) is -3.26. The third-order valence-electron chi connectivity index (χ3n) is 2.09. The van der Waals surface area contributed by atoms with Crippen molar-refractivity contribution in [3.05, 3.63) is 46.9 Å². The van der Waals surface area contributed by atoms with Crippen LogP contribution in [0.4, 0.5) is 30.4 Å². The largest absolute Gasteiger partial charge is 0.399 e. The van der Waals surface area contributed by atoms with E-state index in [4.69, 9.17) is 17.3 Å². The van der Waals surface area contributed by atoms with E-state index in [1.54, 1.807) is 0 Å². The van der Waals surface area contributed by atoms with Gasteiger partial charge in [0.05, 0.1) is 5.69 Å². The van der Waals surface area contributed by atoms with Crippen molar-refractivity contribution in [3.63, 3.8) is 0 Å². The van der Waals surface area contributed by atoms with E-state index in [0.29, 0.717) is 17.8 Å². The molecule has 0 unspecified atom stereocenters. The lowest BCUT2D eigenvalue weighted by atomic mass is 10.2. The molecule has 0 saturated heterocycles. The highest BCUT2D eigenvalue weighted by atomic mass is 35.5. The van der Waals surface area contributed by atoms with Gasteiger partial charge in [-0.15, -0.1) is 0 Å². The summed E-state index contributed by atoms with van der Waals surface area (Å²) >= 11 is 5.65. The van der Waals surface area contributed by atoms with Gasteiger partial charge >= 0.3 is 0 Å². The summed E-state index contributed by atoms with van der Waals surface area (Å²) in [7, 11) is 0. The fourth-order valence-electron chi connectivity index (χ4n) is 1.34. The molecule has 0 aliphatic heterocycles. The number of anilines is 3. The molecule has 2 rings (SSSR count). The minimum atomic E-state index is -1.27. The summed E-state index contributed by atoms with van der Waals surface area (Å²) in [6.45, 7) is 0. The van der Waals surface area contributed by atoms with Gasteiger partial charge in [0, 0.05) is 23.9 Å². The Balaban J connectivity index is 2.36. The second-order valence-corrected chi connectivity index (χ2v) is 3.87. The number of benzene rings is 1. The Morgan fingerprint density at radius 3 is 2.33 bits per heavy atom. The summed E-state index contributed by atoms with van der Waals surface area (Å²) in [6.07, 6.45) is 0. The zero-order valence-corrected chi connectivity index (χ0v) is 9.60. The quantitative estimate of drug-likeness (QED) is 0.651. The molecule has 0 atom stereocenters. The second kappa shape index (κ2) is 4.73. The first-order chi connectivity index (χ1) is 8.45. The number of nitrogens with zero attached hydrogens (tertiary/aromatic N) is 1. The van der Waals surface area contributed by atoms with E-state index in [9.17, 15) is 13.2 Å². The molecule has 94 valence electrons. The van der Waals surface area contributed by atoms with E-state index >= 15 is 0 Å². The van der Waals surface area contributed by atoms with E-state index in [-0.39, 0.29) is 16.7 Å². The molecule has 0 fully saturated rings. The molecular weight excluding hydrogens is 267 g/mol. The number of pyridine rings is 1. The van der Waals surface area contributed by atoms with Crippen molar-refractivity contribution in [3.8, 4) is 0 Å². The van der Waals surface area contributed by atoms with Gasteiger partial charge in [-0.25, -0.2) is 18.2 Å². The van der Waals surface area contributed by atoms with E-state index < -0.39 is 17.5 Å². The Labute approximate surface area is 105 Å². The molecule has 0 saturated carbocycles. The molecule has 3 N–H and O–H groups in total. The summed E-state index contributed by atoms with van der Waals surface area (Å²) in [5, 5.41) is 2.56. The summed E-state index contributed by atoms with van der Waals surface area (Å²) in [5.41, 5.74) is 5.56. The van der Waals surface area contributed by atoms with Crippen molar-refractivity contribution in [2.45, 2.75) is 0 Å². The lowest BCUT2D eigenvalue weighted by Crippen LogP contribution is -2.00. The predicted octanol–water partition coefficient (Wildman–Crippen LogP) is 3.48. The van der Waals surface area contributed by atoms with Gasteiger partial charge in [-0.2, -0.15) is 0 Å². The van der Waals surface area contributed by atoms with Crippen LogP contribution in [0.3, 0.4) is 0 Å². The Kier molecular flexibility index (Phi) is 3.29. The molecule has 0 aliphatic carbocycles. The molecule has 2 aromatic rings. The van der Waals surface area contributed by atoms with E-state index in [1.165, 1.54) is 12.1 Å². The maximum absolute atomic E-state index is 13.4. The zero-order valence-electron chi connectivity index (χ0n) is 8.85. The van der Waals surface area contributed by atoms with Crippen LogP contribution in [0, 0.1) is 17.5 Å². The third-order valence-corrected chi connectivity index (χ3v) is 2.28. The Morgan fingerprint density at radius 2 is 1.67 bits per heavy atom. The lowest BCUT2D eigenvalue weighted by Gasteiger charge is -2.08. The maximum atomic E-state index is 13.4. The monoisotopic (exact) mass is 273 g/mol. The minimum Gasteiger partial charge on any atom is -0.399 e. The first-order valence-corrected chi connectivity index (χ1v) is 5.18. The predicted molar refractivity (Wildman–Crippen MR) is 63.3 cm³/mol. The van der Waals surface area contributed by atoms with Crippen molar-refractivity contribution in [1.29, 1.82) is 0 Å². The van der Waals surface area contributed by atoms with Crippen molar-refractivity contribution in [1.82, 2.24) is 4.98 Å². The summed E-state index contributed by atoms with van der Waals surface area (Å²) < 4.78 is 39.1. The van der Waals surface area contributed by atoms with Crippen molar-refractivity contribution in [2.75, 3.05) is 11.1 Å². The van der Waals surface area contributed by atoms with Crippen LogP contribution in [0.2, 0.25) is 5.15 Å². The summed E-state index contributed by atoms with van der Waals surface area (Å²) in [6, 6.07) is 3.90. The molecule has 0 bridgehead atoms. The van der Waals surface area contributed by atoms with Gasteiger partial charge in [0.1, 0.15) is 16.8 Å². The fourth-order valence-corrected chi connectivity index (χ4v) is 1.55. The molecule has 3 nitrogen and oxygen atoms in total. The Hall–Kier alpha value is -1.95. The molecule has 1 aromatic carbocycles. The van der Waals surface area contributed by atoms with E-state index in [1.807, 2.05) is 0 Å². The van der Waals surface area contributed by atoms with Gasteiger partial charge in [0.15, 0.2) is 11.6 Å². The smallest absolute Gasteiger partial charge is 0.161 e. The van der Waals surface area contributed by atoms with E-state index in [2.05, 4.69) is 10.3 Å². The number of halogens is 4. The first-order valence-electron chi connectivity index (χ1n) is 4.80. The number of rotatable bonds is 2. The zero-order chi connectivity index (χ0) is 13.3. The van der Waals surface area contributed by atoms with Crippen LogP contribution in [-0.4, -0.2) is 4.98 Å². The number of nitrogen functional groups attached to an aromatic ring is 1. The molecule has 0 amide bonds. The van der Waals surface area contributed by atoms with Gasteiger partial charge in [-0.3, -0.25) is 0 Å². The average molecular weight is 274 g/mol. The standard InChI is InChI=1S/C11H7ClF3N3/c12-10-1-5(16)2-11(18-10)17-9-4-7(14)6(13)3-8(9)15/h1-4H,(H3,16,17,18). The highest BCUT2D eigenvalue weighted by Crippen LogP contribution is 2.24. The lowest BCUT2D eigenvalue weighted by molar-refractivity contribution is 0.496. The van der Waals surface area contributed by atoms with Gasteiger partial charge in [0.2, 0.25) is 0 Å². The molecule has 1 heterocycles. The van der Waals surface area contributed by atoms with Gasteiger partial charge in [-0.1, -0.05) is 11.6 Å². The SMILES string of the molecule is Nc1cc(Cl)nc(Nc2cc(F)c(F)cc2F)c1. The molecule has 0 radical (unpaired) electrons. The van der Waals surface area contributed by atoms with E-state index in [0.717, 1.165) is 0 Å². The second-order valence-electron chi connectivity index (χ2n) is 3.48. The molecular formula is C11H7ClF3N3. The third kappa shape index (κ3) is 2.65. The van der Waals surface area contributed by atoms with Crippen LogP contribution in [0.1, 0.15) is 0 Å². The van der Waals surface area contributed by atoms with Gasteiger partial charge < -0.3 is 11.1 Å². The van der Waals surface area contributed by atoms with Crippen LogP contribution in [-0.2, 0) is 0 Å². The highest BCUT2D eigenvalue weighted by molar-refractivity contribution is 6.29. The van der Waals surface area contributed by atoms with Gasteiger partial charge in [0.25, 0.3) is 0 Å². The normalized spacial score (nSPS) is 10.4. The molecule has 7 heteroatoms. The Bertz CT molecular complexity index is 584. The molecule has 0 aliphatic rings. The first kappa shape index (κ1) is 12.5. The number of nitrogens with two attached hydrogens (primary N) is 1. The molecule has 0 spiro atoms. The van der Waals surface area contributed by atoms with Crippen molar-refractivity contribution < 1.29 is 13.2 Å². The minimum absolute atomic E-state index is 0.0977. The number of hydrogen-bond acceptors (Lipinski definition) is 3. The maximum Gasteiger partial charge on any atom is 0.161 e. The number of hydrogen-bond donors (Lipinski definition) is 2.